The number of halogens is 1. The van der Waals surface area contributed by atoms with Crippen LogP contribution in [0.2, 0.25) is 0 Å². The first-order valence-corrected chi connectivity index (χ1v) is 9.23. The maximum absolute atomic E-state index is 5.90. The predicted molar refractivity (Wildman–Crippen MR) is 116 cm³/mol. The fourth-order valence-electron chi connectivity index (χ4n) is 3.85. The lowest BCUT2D eigenvalue weighted by Crippen LogP contribution is -2.47. The first-order chi connectivity index (χ1) is 12.6. The Labute approximate surface area is 177 Å². The Hall–Kier alpha value is -1.68. The largest absolute Gasteiger partial charge is 0.373 e. The second kappa shape index (κ2) is 8.55. The third-order valence-corrected chi connectivity index (χ3v) is 5.15. The molecule has 2 bridgehead atoms. The fourth-order valence-corrected chi connectivity index (χ4v) is 3.85. The third kappa shape index (κ3) is 4.43. The number of hydrogen-bond donors (Lipinski definition) is 2. The molecule has 2 aromatic rings. The molecule has 0 radical (unpaired) electrons. The van der Waals surface area contributed by atoms with E-state index in [-0.39, 0.29) is 24.0 Å². The lowest BCUT2D eigenvalue weighted by Gasteiger charge is -2.22. The second-order valence-corrected chi connectivity index (χ2v) is 7.15. The Balaban J connectivity index is 0.00000210. The summed E-state index contributed by atoms with van der Waals surface area (Å²) in [6, 6.07) is 6.48. The Kier molecular flexibility index (Phi) is 6.36. The van der Waals surface area contributed by atoms with Crippen LogP contribution in [0.4, 0.5) is 0 Å². The van der Waals surface area contributed by atoms with Gasteiger partial charge in [0.2, 0.25) is 0 Å². The molecule has 7 nitrogen and oxygen atoms in total. The van der Waals surface area contributed by atoms with E-state index in [4.69, 9.17) is 4.74 Å². The Bertz CT molecular complexity index is 803. The summed E-state index contributed by atoms with van der Waals surface area (Å²) in [5.74, 6) is 1.65. The molecule has 0 aromatic carbocycles. The number of aromatic nitrogens is 3. The molecule has 3 atom stereocenters. The van der Waals surface area contributed by atoms with Crippen LogP contribution in [0.1, 0.15) is 36.2 Å². The van der Waals surface area contributed by atoms with E-state index in [2.05, 4.69) is 31.8 Å². The average molecular weight is 482 g/mol. The van der Waals surface area contributed by atoms with Gasteiger partial charge in [0, 0.05) is 25.5 Å². The number of nitrogens with zero attached hydrogens (tertiary/aromatic N) is 4. The number of nitrogens with one attached hydrogen (secondary N) is 2. The average Bonchev–Trinajstić information content (AvgIpc) is 3.34. The highest BCUT2D eigenvalue weighted by Gasteiger charge is 2.41. The summed E-state index contributed by atoms with van der Waals surface area (Å²) in [5, 5.41) is 11.3. The van der Waals surface area contributed by atoms with Gasteiger partial charge in [0.15, 0.2) is 11.8 Å². The van der Waals surface area contributed by atoms with Crippen LogP contribution in [0, 0.1) is 13.8 Å². The van der Waals surface area contributed by atoms with Crippen molar-refractivity contribution in [1.82, 2.24) is 25.4 Å². The van der Waals surface area contributed by atoms with Gasteiger partial charge in [-0.1, -0.05) is 6.07 Å². The molecule has 0 saturated carbocycles. The van der Waals surface area contributed by atoms with Crippen molar-refractivity contribution in [3.8, 4) is 5.82 Å². The summed E-state index contributed by atoms with van der Waals surface area (Å²) in [5.41, 5.74) is 3.18. The minimum absolute atomic E-state index is 0. The summed E-state index contributed by atoms with van der Waals surface area (Å²) in [6.45, 7) is 4.69. The number of pyridine rings is 1. The van der Waals surface area contributed by atoms with E-state index in [1.807, 2.05) is 36.9 Å². The molecule has 2 N–H and O–H groups in total. The molecule has 4 heterocycles. The minimum atomic E-state index is 0. The molecule has 2 aliphatic heterocycles. The minimum Gasteiger partial charge on any atom is -0.373 e. The molecular formula is C19H27IN6O. The molecule has 4 rings (SSSR count). The van der Waals surface area contributed by atoms with Crippen LogP contribution >= 0.6 is 24.0 Å². The number of guanidine groups is 1. The number of aryl methyl sites for hydroxylation is 2. The summed E-state index contributed by atoms with van der Waals surface area (Å²) >= 11 is 0. The van der Waals surface area contributed by atoms with Crippen molar-refractivity contribution in [2.24, 2.45) is 4.99 Å². The zero-order valence-electron chi connectivity index (χ0n) is 16.0. The van der Waals surface area contributed by atoms with Gasteiger partial charge < -0.3 is 15.4 Å². The van der Waals surface area contributed by atoms with Gasteiger partial charge in [-0.15, -0.1) is 24.0 Å². The Morgan fingerprint density at radius 2 is 2.19 bits per heavy atom. The highest BCUT2D eigenvalue weighted by atomic mass is 127. The standard InChI is InChI=1S/C19H26N6O.HI/c1-12-8-13(2)25(24-12)18-7-4-14(10-21-18)11-22-19(20-3)23-16-9-15-5-6-17(16)26-15;/h4,7-8,10,15-17H,5-6,9,11H2,1-3H3,(H2,20,22,23);1H. The summed E-state index contributed by atoms with van der Waals surface area (Å²) in [7, 11) is 1.80. The van der Waals surface area contributed by atoms with E-state index in [9.17, 15) is 0 Å². The number of hydrogen-bond acceptors (Lipinski definition) is 4. The van der Waals surface area contributed by atoms with Crippen LogP contribution in [-0.2, 0) is 11.3 Å². The molecule has 2 aromatic heterocycles. The predicted octanol–water partition coefficient (Wildman–Crippen LogP) is 2.49. The first-order valence-electron chi connectivity index (χ1n) is 9.23. The molecule has 0 aliphatic carbocycles. The number of rotatable bonds is 4. The van der Waals surface area contributed by atoms with E-state index in [0.29, 0.717) is 24.8 Å². The second-order valence-electron chi connectivity index (χ2n) is 7.15. The van der Waals surface area contributed by atoms with Crippen LogP contribution < -0.4 is 10.6 Å². The van der Waals surface area contributed by atoms with Gasteiger partial charge >= 0.3 is 0 Å². The normalized spacial score (nSPS) is 24.0. The molecule has 2 aliphatic rings. The third-order valence-electron chi connectivity index (χ3n) is 5.15. The Morgan fingerprint density at radius 3 is 2.74 bits per heavy atom. The molecule has 0 spiro atoms. The van der Waals surface area contributed by atoms with Gasteiger partial charge in [-0.05, 0) is 50.8 Å². The van der Waals surface area contributed by atoms with Gasteiger partial charge in [0.1, 0.15) is 0 Å². The van der Waals surface area contributed by atoms with E-state index in [1.165, 1.54) is 6.42 Å². The molecular weight excluding hydrogens is 455 g/mol. The maximum Gasteiger partial charge on any atom is 0.191 e. The summed E-state index contributed by atoms with van der Waals surface area (Å²) in [6.07, 6.45) is 6.07. The summed E-state index contributed by atoms with van der Waals surface area (Å²) in [4.78, 5) is 8.88. The molecule has 8 heteroatoms. The quantitative estimate of drug-likeness (QED) is 0.398. The lowest BCUT2D eigenvalue weighted by atomic mass is 9.96. The first kappa shape index (κ1) is 20.1. The van der Waals surface area contributed by atoms with Crippen LogP contribution in [0.15, 0.2) is 29.4 Å². The van der Waals surface area contributed by atoms with Crippen molar-refractivity contribution >= 4 is 29.9 Å². The van der Waals surface area contributed by atoms with Gasteiger partial charge in [-0.2, -0.15) is 5.10 Å². The fraction of sp³-hybridized carbons (Fsp3) is 0.526. The van der Waals surface area contributed by atoms with Crippen LogP contribution in [0.3, 0.4) is 0 Å². The maximum atomic E-state index is 5.90. The van der Waals surface area contributed by atoms with E-state index in [0.717, 1.165) is 41.6 Å². The molecule has 0 amide bonds. The SMILES string of the molecule is CN=C(NCc1ccc(-n2nc(C)cc2C)nc1)NC1CC2CCC1O2.I. The number of ether oxygens (including phenoxy) is 1. The highest BCUT2D eigenvalue weighted by Crippen LogP contribution is 2.34. The van der Waals surface area contributed by atoms with E-state index in [1.54, 1.807) is 7.05 Å². The van der Waals surface area contributed by atoms with Gasteiger partial charge in [-0.25, -0.2) is 9.67 Å². The zero-order valence-corrected chi connectivity index (χ0v) is 18.3. The molecule has 3 unspecified atom stereocenters. The van der Waals surface area contributed by atoms with Crippen molar-refractivity contribution in [1.29, 1.82) is 0 Å². The molecule has 2 saturated heterocycles. The highest BCUT2D eigenvalue weighted by molar-refractivity contribution is 14.0. The van der Waals surface area contributed by atoms with Crippen LogP contribution in [0.25, 0.3) is 5.82 Å². The van der Waals surface area contributed by atoms with Crippen molar-refractivity contribution in [2.45, 2.75) is 57.9 Å². The van der Waals surface area contributed by atoms with Gasteiger partial charge in [-0.3, -0.25) is 4.99 Å². The van der Waals surface area contributed by atoms with E-state index >= 15 is 0 Å². The molecule has 146 valence electrons. The zero-order chi connectivity index (χ0) is 18.1. The van der Waals surface area contributed by atoms with Gasteiger partial charge in [0.05, 0.1) is 23.9 Å². The summed E-state index contributed by atoms with van der Waals surface area (Å²) < 4.78 is 7.76. The number of fused-ring (bicyclic) bond motifs is 2. The lowest BCUT2D eigenvalue weighted by molar-refractivity contribution is 0.0992. The van der Waals surface area contributed by atoms with Gasteiger partial charge in [0.25, 0.3) is 0 Å². The van der Waals surface area contributed by atoms with Crippen LogP contribution in [0.5, 0.6) is 0 Å². The number of aliphatic imine (C=N–C) groups is 1. The monoisotopic (exact) mass is 482 g/mol. The van der Waals surface area contributed by atoms with Crippen molar-refractivity contribution in [3.63, 3.8) is 0 Å². The van der Waals surface area contributed by atoms with E-state index < -0.39 is 0 Å². The topological polar surface area (TPSA) is 76.4 Å². The molecule has 27 heavy (non-hydrogen) atoms. The van der Waals surface area contributed by atoms with Crippen LogP contribution in [-0.4, -0.2) is 46.0 Å². The smallest absolute Gasteiger partial charge is 0.191 e. The Morgan fingerprint density at radius 1 is 1.33 bits per heavy atom. The van der Waals surface area contributed by atoms with Crippen molar-refractivity contribution < 1.29 is 4.74 Å². The van der Waals surface area contributed by atoms with Crippen molar-refractivity contribution in [2.75, 3.05) is 7.05 Å². The molecule has 2 fully saturated rings. The van der Waals surface area contributed by atoms with Crippen molar-refractivity contribution in [3.05, 3.63) is 41.3 Å².